The predicted molar refractivity (Wildman–Crippen MR) is 88.9 cm³/mol. The molecule has 0 aromatic heterocycles. The lowest BCUT2D eigenvalue weighted by atomic mass is 9.77. The number of hydrogen-bond donors (Lipinski definition) is 0. The van der Waals surface area contributed by atoms with E-state index in [0.717, 1.165) is 11.3 Å². The minimum Gasteiger partial charge on any atom is -0.497 e. The summed E-state index contributed by atoms with van der Waals surface area (Å²) in [6.45, 7) is 2.44. The smallest absolute Gasteiger partial charge is 0.312 e. The molecule has 3 aliphatic heterocycles. The van der Waals surface area contributed by atoms with Crippen LogP contribution in [0.2, 0.25) is 0 Å². The van der Waals surface area contributed by atoms with Gasteiger partial charge in [-0.05, 0) is 24.6 Å². The maximum atomic E-state index is 13.1. The van der Waals surface area contributed by atoms with E-state index in [2.05, 4.69) is 0 Å². The van der Waals surface area contributed by atoms with Gasteiger partial charge >= 0.3 is 5.97 Å². The number of likely N-dealkylation sites (tertiary alicyclic amines) is 1. The zero-order valence-corrected chi connectivity index (χ0v) is 14.5. The summed E-state index contributed by atoms with van der Waals surface area (Å²) in [6, 6.07) is 7.55. The summed E-state index contributed by atoms with van der Waals surface area (Å²) in [4.78, 5) is 27.1. The number of carbonyl (C=O) groups excluding carboxylic acids is 2. The molecule has 6 nitrogen and oxygen atoms in total. The fraction of sp³-hybridized carbons (Fsp3) is 0.474. The molecule has 2 fully saturated rings. The topological polar surface area (TPSA) is 65.1 Å². The Balaban J connectivity index is 1.62. The molecule has 3 aliphatic rings. The number of benzene rings is 1. The van der Waals surface area contributed by atoms with E-state index in [1.54, 1.807) is 12.0 Å². The molecule has 1 aromatic rings. The molecule has 1 spiro atoms. The largest absolute Gasteiger partial charge is 0.497 e. The van der Waals surface area contributed by atoms with E-state index in [1.165, 1.54) is 7.11 Å². The average Bonchev–Trinajstić information content (AvgIpc) is 3.29. The molecule has 3 heterocycles. The van der Waals surface area contributed by atoms with Crippen LogP contribution < -0.4 is 4.74 Å². The third-order valence-electron chi connectivity index (χ3n) is 5.67. The van der Waals surface area contributed by atoms with E-state index in [9.17, 15) is 9.59 Å². The Hall–Kier alpha value is -2.34. The van der Waals surface area contributed by atoms with Gasteiger partial charge in [-0.15, -0.1) is 0 Å². The first-order valence-electron chi connectivity index (χ1n) is 8.40. The van der Waals surface area contributed by atoms with Crippen molar-refractivity contribution in [1.29, 1.82) is 0 Å². The van der Waals surface area contributed by atoms with Crippen LogP contribution in [0.1, 0.15) is 18.5 Å². The second kappa shape index (κ2) is 5.59. The zero-order chi connectivity index (χ0) is 17.8. The highest BCUT2D eigenvalue weighted by Gasteiger charge is 2.67. The molecular formula is C19H21NO5. The van der Waals surface area contributed by atoms with Crippen LogP contribution in [0.3, 0.4) is 0 Å². The number of nitrogens with zero attached hydrogens (tertiary/aromatic N) is 1. The molecule has 132 valence electrons. The van der Waals surface area contributed by atoms with Crippen LogP contribution >= 0.6 is 0 Å². The molecule has 0 N–H and O–H groups in total. The van der Waals surface area contributed by atoms with Crippen molar-refractivity contribution in [2.75, 3.05) is 20.8 Å². The van der Waals surface area contributed by atoms with E-state index in [-0.39, 0.29) is 24.0 Å². The van der Waals surface area contributed by atoms with Crippen molar-refractivity contribution in [3.05, 3.63) is 42.0 Å². The lowest BCUT2D eigenvalue weighted by Crippen LogP contribution is -2.39. The van der Waals surface area contributed by atoms with Crippen LogP contribution in [0, 0.1) is 11.8 Å². The standard InChI is InChI=1S/C19H21NO5/c1-11(12-4-6-13(23-2)7-5-12)20-10-19-9-8-14(25-19)15(18(22)24-3)16(19)17(20)21/h4-9,11,14-16H,10H2,1-3H3/t11-,14-,15-,16+,19-/m0/s1. The lowest BCUT2D eigenvalue weighted by Gasteiger charge is -2.27. The van der Waals surface area contributed by atoms with Crippen molar-refractivity contribution in [2.24, 2.45) is 11.8 Å². The zero-order valence-electron chi connectivity index (χ0n) is 14.5. The summed E-state index contributed by atoms with van der Waals surface area (Å²) in [6.07, 6.45) is 3.47. The Labute approximate surface area is 146 Å². The number of rotatable bonds is 4. The monoisotopic (exact) mass is 343 g/mol. The van der Waals surface area contributed by atoms with Gasteiger partial charge in [0.25, 0.3) is 0 Å². The Morgan fingerprint density at radius 2 is 2.04 bits per heavy atom. The van der Waals surface area contributed by atoms with Crippen LogP contribution in [0.4, 0.5) is 0 Å². The molecule has 4 rings (SSSR count). The third kappa shape index (κ3) is 2.20. The van der Waals surface area contributed by atoms with Crippen molar-refractivity contribution in [2.45, 2.75) is 24.7 Å². The minimum absolute atomic E-state index is 0.0504. The van der Waals surface area contributed by atoms with Crippen molar-refractivity contribution < 1.29 is 23.8 Å². The van der Waals surface area contributed by atoms with Crippen LogP contribution in [0.25, 0.3) is 0 Å². The molecule has 1 aromatic carbocycles. The van der Waals surface area contributed by atoms with Gasteiger partial charge in [0.1, 0.15) is 17.3 Å². The Kier molecular flexibility index (Phi) is 3.61. The highest BCUT2D eigenvalue weighted by Crippen LogP contribution is 2.53. The fourth-order valence-electron chi connectivity index (χ4n) is 4.32. The molecule has 6 heteroatoms. The van der Waals surface area contributed by atoms with Crippen LogP contribution in [-0.2, 0) is 19.1 Å². The van der Waals surface area contributed by atoms with Gasteiger partial charge in [-0.2, -0.15) is 0 Å². The van der Waals surface area contributed by atoms with Gasteiger partial charge in [-0.1, -0.05) is 24.3 Å². The SMILES string of the molecule is COC(=O)[C@H]1[C@@H]2C=C[C@@]3(CN([C@@H](C)c4ccc(OC)cc4)C(=O)[C@@H]13)O2. The fourth-order valence-corrected chi connectivity index (χ4v) is 4.32. The lowest BCUT2D eigenvalue weighted by molar-refractivity contribution is -0.151. The molecule has 0 radical (unpaired) electrons. The summed E-state index contributed by atoms with van der Waals surface area (Å²) >= 11 is 0. The third-order valence-corrected chi connectivity index (χ3v) is 5.67. The summed E-state index contributed by atoms with van der Waals surface area (Å²) in [5, 5.41) is 0. The van der Waals surface area contributed by atoms with E-state index >= 15 is 0 Å². The average molecular weight is 343 g/mol. The number of ether oxygens (including phenoxy) is 3. The maximum Gasteiger partial charge on any atom is 0.312 e. The van der Waals surface area contributed by atoms with Gasteiger partial charge in [0, 0.05) is 0 Å². The predicted octanol–water partition coefficient (Wildman–Crippen LogP) is 1.71. The summed E-state index contributed by atoms with van der Waals surface area (Å²) in [5.41, 5.74) is 0.306. The number of esters is 1. The van der Waals surface area contributed by atoms with Gasteiger partial charge in [0.2, 0.25) is 5.91 Å². The second-order valence-corrected chi connectivity index (χ2v) is 6.84. The van der Waals surface area contributed by atoms with E-state index in [1.807, 2.05) is 43.3 Å². The summed E-state index contributed by atoms with van der Waals surface area (Å²) in [7, 11) is 2.97. The molecular weight excluding hydrogens is 322 g/mol. The number of carbonyl (C=O) groups is 2. The van der Waals surface area contributed by atoms with E-state index < -0.39 is 17.4 Å². The Morgan fingerprint density at radius 3 is 2.68 bits per heavy atom. The number of fused-ring (bicyclic) bond motifs is 1. The Morgan fingerprint density at radius 1 is 1.32 bits per heavy atom. The van der Waals surface area contributed by atoms with Gasteiger partial charge in [0.15, 0.2) is 0 Å². The summed E-state index contributed by atoms with van der Waals surface area (Å²) < 4.78 is 16.1. The molecule has 1 amide bonds. The normalized spacial score (nSPS) is 33.5. The van der Waals surface area contributed by atoms with Crippen LogP contribution in [0.15, 0.2) is 36.4 Å². The van der Waals surface area contributed by atoms with Crippen LogP contribution in [-0.4, -0.2) is 49.2 Å². The first-order chi connectivity index (χ1) is 12.0. The van der Waals surface area contributed by atoms with Gasteiger partial charge < -0.3 is 19.1 Å². The molecule has 5 atom stereocenters. The molecule has 0 aliphatic carbocycles. The minimum atomic E-state index is -0.707. The van der Waals surface area contributed by atoms with E-state index in [4.69, 9.17) is 14.2 Å². The Bertz CT molecular complexity index is 743. The first-order valence-corrected chi connectivity index (χ1v) is 8.40. The maximum absolute atomic E-state index is 13.1. The van der Waals surface area contributed by atoms with Gasteiger partial charge in [0.05, 0.1) is 38.8 Å². The highest BCUT2D eigenvalue weighted by atomic mass is 16.5. The quantitative estimate of drug-likeness (QED) is 0.615. The van der Waals surface area contributed by atoms with E-state index in [0.29, 0.717) is 6.54 Å². The molecule has 2 saturated heterocycles. The van der Waals surface area contributed by atoms with Crippen LogP contribution in [0.5, 0.6) is 5.75 Å². The number of methoxy groups -OCH3 is 2. The van der Waals surface area contributed by atoms with Crippen molar-refractivity contribution in [1.82, 2.24) is 4.90 Å². The van der Waals surface area contributed by atoms with Crippen molar-refractivity contribution in [3.63, 3.8) is 0 Å². The molecule has 25 heavy (non-hydrogen) atoms. The number of amides is 1. The molecule has 0 unspecified atom stereocenters. The van der Waals surface area contributed by atoms with Crippen molar-refractivity contribution in [3.8, 4) is 5.75 Å². The van der Waals surface area contributed by atoms with Crippen molar-refractivity contribution >= 4 is 11.9 Å². The second-order valence-electron chi connectivity index (χ2n) is 6.84. The number of hydrogen-bond acceptors (Lipinski definition) is 5. The highest BCUT2D eigenvalue weighted by molar-refractivity contribution is 5.91. The summed E-state index contributed by atoms with van der Waals surface area (Å²) in [5.74, 6) is -0.722. The first kappa shape index (κ1) is 16.1. The van der Waals surface area contributed by atoms with Gasteiger partial charge in [-0.3, -0.25) is 9.59 Å². The molecule has 2 bridgehead atoms. The molecule has 0 saturated carbocycles. The van der Waals surface area contributed by atoms with Gasteiger partial charge in [-0.25, -0.2) is 0 Å².